The van der Waals surface area contributed by atoms with Gasteiger partial charge in [-0.1, -0.05) is 6.92 Å². The van der Waals surface area contributed by atoms with Crippen LogP contribution < -0.4 is 0 Å². The molecule has 0 aromatic carbocycles. The lowest BCUT2D eigenvalue weighted by Crippen LogP contribution is -2.02. The highest BCUT2D eigenvalue weighted by atomic mass is 16.3. The van der Waals surface area contributed by atoms with E-state index in [9.17, 15) is 5.11 Å². The Morgan fingerprint density at radius 2 is 2.43 bits per heavy atom. The summed E-state index contributed by atoms with van der Waals surface area (Å²) in [6.07, 6.45) is 3.87. The molecule has 1 heterocycles. The largest absolute Gasteiger partial charge is 0.506 e. The normalized spacial score (nSPS) is 11.4. The minimum atomic E-state index is 0.128. The van der Waals surface area contributed by atoms with Gasteiger partial charge in [0.2, 0.25) is 0 Å². The van der Waals surface area contributed by atoms with Gasteiger partial charge in [0, 0.05) is 6.54 Å². The Morgan fingerprint density at radius 1 is 1.71 bits per heavy atom. The maximum absolute atomic E-state index is 9.68. The van der Waals surface area contributed by atoms with Crippen molar-refractivity contribution in [2.75, 3.05) is 0 Å². The fraction of sp³-hybridized carbons (Fsp3) is 0.400. The Hall–Kier alpha value is -1.76. The molecule has 0 spiro atoms. The van der Waals surface area contributed by atoms with Crippen molar-refractivity contribution >= 4 is 5.76 Å². The van der Waals surface area contributed by atoms with Crippen molar-refractivity contribution in [3.8, 4) is 6.07 Å². The number of nitrogens with zero attached hydrogens (tertiary/aromatic N) is 3. The van der Waals surface area contributed by atoms with Gasteiger partial charge < -0.3 is 5.11 Å². The molecule has 0 atom stereocenters. The fourth-order valence-corrected chi connectivity index (χ4v) is 1.27. The molecule has 1 aromatic heterocycles. The number of allylic oxidation sites excluding steroid dienone is 1. The van der Waals surface area contributed by atoms with Crippen LogP contribution in [0.15, 0.2) is 12.3 Å². The van der Waals surface area contributed by atoms with Crippen LogP contribution >= 0.6 is 0 Å². The fourth-order valence-electron chi connectivity index (χ4n) is 1.27. The summed E-state index contributed by atoms with van der Waals surface area (Å²) in [5.74, 6) is 0.128. The zero-order chi connectivity index (χ0) is 10.6. The Bertz CT molecular complexity index is 385. The van der Waals surface area contributed by atoms with Crippen LogP contribution in [0.5, 0.6) is 0 Å². The molecule has 4 nitrogen and oxygen atoms in total. The maximum Gasteiger partial charge on any atom is 0.138 e. The first-order valence-corrected chi connectivity index (χ1v) is 4.60. The van der Waals surface area contributed by atoms with Crippen LogP contribution in [0.25, 0.3) is 5.76 Å². The van der Waals surface area contributed by atoms with Crippen LogP contribution in [0.4, 0.5) is 0 Å². The zero-order valence-corrected chi connectivity index (χ0v) is 8.36. The predicted molar refractivity (Wildman–Crippen MR) is 53.5 cm³/mol. The third-order valence-corrected chi connectivity index (χ3v) is 1.90. The maximum atomic E-state index is 9.68. The van der Waals surface area contributed by atoms with Crippen molar-refractivity contribution in [3.05, 3.63) is 23.5 Å². The number of aromatic nitrogens is 2. The van der Waals surface area contributed by atoms with Crippen LogP contribution in [0.1, 0.15) is 31.5 Å². The van der Waals surface area contributed by atoms with E-state index in [1.807, 2.05) is 19.9 Å². The molecule has 74 valence electrons. The molecular formula is C10H13N3O. The van der Waals surface area contributed by atoms with Gasteiger partial charge in [-0.2, -0.15) is 10.4 Å². The summed E-state index contributed by atoms with van der Waals surface area (Å²) in [6, 6.07) is 2.01. The van der Waals surface area contributed by atoms with Crippen molar-refractivity contribution < 1.29 is 5.11 Å². The van der Waals surface area contributed by atoms with Crippen LogP contribution in [-0.4, -0.2) is 14.9 Å². The monoisotopic (exact) mass is 191 g/mol. The third kappa shape index (κ3) is 1.77. The SMILES string of the molecule is CC/C=C(/O)c1c(C#N)cnn1CC. The van der Waals surface area contributed by atoms with Crippen molar-refractivity contribution in [2.24, 2.45) is 0 Å². The van der Waals surface area contributed by atoms with Crippen molar-refractivity contribution in [2.45, 2.75) is 26.8 Å². The van der Waals surface area contributed by atoms with Gasteiger partial charge in [0.05, 0.1) is 6.20 Å². The number of hydrogen-bond donors (Lipinski definition) is 1. The second-order valence-electron chi connectivity index (χ2n) is 2.83. The molecule has 1 N–H and O–H groups in total. The van der Waals surface area contributed by atoms with Gasteiger partial charge in [0.15, 0.2) is 0 Å². The molecule has 0 aliphatic carbocycles. The van der Waals surface area contributed by atoms with Crippen molar-refractivity contribution in [1.82, 2.24) is 9.78 Å². The second kappa shape index (κ2) is 4.47. The molecule has 0 aliphatic rings. The molecule has 1 aromatic rings. The van der Waals surface area contributed by atoms with Crippen LogP contribution in [-0.2, 0) is 6.54 Å². The van der Waals surface area contributed by atoms with Gasteiger partial charge in [0.25, 0.3) is 0 Å². The Kier molecular flexibility index (Phi) is 3.29. The molecule has 0 saturated heterocycles. The smallest absolute Gasteiger partial charge is 0.138 e. The third-order valence-electron chi connectivity index (χ3n) is 1.90. The first kappa shape index (κ1) is 10.3. The molecule has 0 amide bonds. The topological polar surface area (TPSA) is 61.8 Å². The molecular weight excluding hydrogens is 178 g/mol. The van der Waals surface area contributed by atoms with Crippen LogP contribution in [0, 0.1) is 11.3 Å². The minimum absolute atomic E-state index is 0.128. The standard InChI is InChI=1S/C10H13N3O/c1-3-5-9(14)10-8(6-11)7-12-13(10)4-2/h5,7,14H,3-4H2,1-2H3/b9-5+. The van der Waals surface area contributed by atoms with E-state index < -0.39 is 0 Å². The summed E-state index contributed by atoms with van der Waals surface area (Å²) in [7, 11) is 0. The lowest BCUT2D eigenvalue weighted by molar-refractivity contribution is 0.493. The quantitative estimate of drug-likeness (QED) is 0.744. The van der Waals surface area contributed by atoms with Gasteiger partial charge in [-0.25, -0.2) is 0 Å². The van der Waals surface area contributed by atoms with E-state index in [2.05, 4.69) is 5.10 Å². The highest BCUT2D eigenvalue weighted by Gasteiger charge is 2.12. The van der Waals surface area contributed by atoms with E-state index in [-0.39, 0.29) is 5.76 Å². The summed E-state index contributed by atoms with van der Waals surface area (Å²) in [5, 5.41) is 22.5. The van der Waals surface area contributed by atoms with E-state index in [1.165, 1.54) is 6.20 Å². The average Bonchev–Trinajstić information content (AvgIpc) is 2.60. The van der Waals surface area contributed by atoms with Crippen LogP contribution in [0.3, 0.4) is 0 Å². The van der Waals surface area contributed by atoms with E-state index in [0.29, 0.717) is 17.8 Å². The zero-order valence-electron chi connectivity index (χ0n) is 8.36. The Labute approximate surface area is 83.1 Å². The number of aliphatic hydroxyl groups excluding tert-OH is 1. The molecule has 4 heteroatoms. The van der Waals surface area contributed by atoms with E-state index in [1.54, 1.807) is 10.8 Å². The Balaban J connectivity index is 3.23. The van der Waals surface area contributed by atoms with Crippen molar-refractivity contribution in [1.29, 1.82) is 5.26 Å². The van der Waals surface area contributed by atoms with E-state index >= 15 is 0 Å². The molecule has 0 aliphatic heterocycles. The molecule has 0 saturated carbocycles. The summed E-state index contributed by atoms with van der Waals surface area (Å²) in [4.78, 5) is 0. The number of rotatable bonds is 3. The molecule has 0 radical (unpaired) electrons. The van der Waals surface area contributed by atoms with E-state index in [0.717, 1.165) is 6.42 Å². The lowest BCUT2D eigenvalue weighted by atomic mass is 10.2. The molecule has 0 fully saturated rings. The first-order valence-electron chi connectivity index (χ1n) is 4.60. The summed E-state index contributed by atoms with van der Waals surface area (Å²) >= 11 is 0. The van der Waals surface area contributed by atoms with E-state index in [4.69, 9.17) is 5.26 Å². The number of aryl methyl sites for hydroxylation is 1. The Morgan fingerprint density at radius 3 is 2.93 bits per heavy atom. The highest BCUT2D eigenvalue weighted by molar-refractivity contribution is 5.61. The van der Waals surface area contributed by atoms with Gasteiger partial charge in [-0.3, -0.25) is 4.68 Å². The summed E-state index contributed by atoms with van der Waals surface area (Å²) in [5.41, 5.74) is 0.922. The average molecular weight is 191 g/mol. The highest BCUT2D eigenvalue weighted by Crippen LogP contribution is 2.16. The minimum Gasteiger partial charge on any atom is -0.506 e. The number of nitriles is 1. The van der Waals surface area contributed by atoms with Gasteiger partial charge in [-0.05, 0) is 19.4 Å². The second-order valence-corrected chi connectivity index (χ2v) is 2.83. The molecule has 0 unspecified atom stereocenters. The molecule has 1 rings (SSSR count). The summed E-state index contributed by atoms with van der Waals surface area (Å²) in [6.45, 7) is 4.48. The predicted octanol–water partition coefficient (Wildman–Crippen LogP) is 2.08. The summed E-state index contributed by atoms with van der Waals surface area (Å²) < 4.78 is 1.61. The molecule has 0 bridgehead atoms. The number of hydrogen-bond acceptors (Lipinski definition) is 3. The number of aliphatic hydroxyl groups is 1. The van der Waals surface area contributed by atoms with Gasteiger partial charge in [0.1, 0.15) is 23.1 Å². The lowest BCUT2D eigenvalue weighted by Gasteiger charge is -2.03. The first-order chi connectivity index (χ1) is 6.74. The van der Waals surface area contributed by atoms with Crippen molar-refractivity contribution in [3.63, 3.8) is 0 Å². The molecule has 14 heavy (non-hydrogen) atoms. The van der Waals surface area contributed by atoms with Gasteiger partial charge >= 0.3 is 0 Å². The van der Waals surface area contributed by atoms with Gasteiger partial charge in [-0.15, -0.1) is 0 Å². The van der Waals surface area contributed by atoms with Crippen LogP contribution in [0.2, 0.25) is 0 Å².